The van der Waals surface area contributed by atoms with Crippen molar-refractivity contribution in [1.82, 2.24) is 9.62 Å². The average molecular weight is 462 g/mol. The van der Waals surface area contributed by atoms with E-state index in [4.69, 9.17) is 9.47 Å². The van der Waals surface area contributed by atoms with Gasteiger partial charge in [-0.2, -0.15) is 4.31 Å². The molecular weight excluding hydrogens is 430 g/mol. The van der Waals surface area contributed by atoms with E-state index >= 15 is 0 Å². The van der Waals surface area contributed by atoms with Crippen molar-refractivity contribution in [1.29, 1.82) is 0 Å². The van der Waals surface area contributed by atoms with Crippen LogP contribution < -0.4 is 15.0 Å². The molecule has 0 radical (unpaired) electrons. The maximum Gasteiger partial charge on any atom is 0.255 e. The van der Waals surface area contributed by atoms with Gasteiger partial charge in [0.05, 0.1) is 30.8 Å². The first-order chi connectivity index (χ1) is 15.5. The van der Waals surface area contributed by atoms with E-state index in [1.165, 1.54) is 29.6 Å². The average Bonchev–Trinajstić information content (AvgIpc) is 2.84. The molecule has 174 valence electrons. The molecule has 0 aliphatic carbocycles. The molecule has 3 rings (SSSR count). The van der Waals surface area contributed by atoms with Crippen molar-refractivity contribution >= 4 is 21.6 Å². The Labute approximate surface area is 190 Å². The molecule has 1 N–H and O–H groups in total. The molecule has 0 aromatic heterocycles. The first kappa shape index (κ1) is 24.0. The largest absolute Gasteiger partial charge is 0.496 e. The lowest BCUT2D eigenvalue weighted by Gasteiger charge is -2.26. The van der Waals surface area contributed by atoms with Gasteiger partial charge in [0.2, 0.25) is 10.0 Å². The van der Waals surface area contributed by atoms with Crippen molar-refractivity contribution < 1.29 is 22.7 Å². The zero-order chi connectivity index (χ0) is 23.0. The molecule has 1 fully saturated rings. The number of nitrogens with one attached hydrogen (secondary N) is 1. The Morgan fingerprint density at radius 1 is 1.16 bits per heavy atom. The van der Waals surface area contributed by atoms with E-state index in [0.29, 0.717) is 38.6 Å². The maximum absolute atomic E-state index is 13.0. The van der Waals surface area contributed by atoms with Gasteiger partial charge in [-0.3, -0.25) is 4.79 Å². The van der Waals surface area contributed by atoms with Crippen LogP contribution in [-0.4, -0.2) is 71.7 Å². The number of benzene rings is 2. The van der Waals surface area contributed by atoms with E-state index < -0.39 is 10.0 Å². The van der Waals surface area contributed by atoms with Gasteiger partial charge in [0.25, 0.3) is 5.91 Å². The van der Waals surface area contributed by atoms with Gasteiger partial charge in [-0.1, -0.05) is 18.2 Å². The summed E-state index contributed by atoms with van der Waals surface area (Å²) in [6, 6.07) is 14.5. The molecule has 1 aliphatic rings. The van der Waals surface area contributed by atoms with E-state index in [1.54, 1.807) is 0 Å². The van der Waals surface area contributed by atoms with Gasteiger partial charge in [0.1, 0.15) is 5.75 Å². The number of para-hydroxylation sites is 1. The van der Waals surface area contributed by atoms with Gasteiger partial charge < -0.3 is 19.7 Å². The molecule has 32 heavy (non-hydrogen) atoms. The van der Waals surface area contributed by atoms with Gasteiger partial charge >= 0.3 is 0 Å². The van der Waals surface area contributed by atoms with Crippen LogP contribution in [0.15, 0.2) is 53.4 Å². The summed E-state index contributed by atoms with van der Waals surface area (Å²) in [4.78, 5) is 15.1. The first-order valence-corrected chi connectivity index (χ1v) is 12.3. The normalized spacial score (nSPS) is 14.7. The minimum absolute atomic E-state index is 0.0755. The van der Waals surface area contributed by atoms with Crippen LogP contribution in [-0.2, 0) is 14.8 Å². The quantitative estimate of drug-likeness (QED) is 0.547. The molecule has 0 spiro atoms. The molecular formula is C23H31N3O5S. The Kier molecular flexibility index (Phi) is 8.49. The smallest absolute Gasteiger partial charge is 0.255 e. The van der Waals surface area contributed by atoms with Crippen molar-refractivity contribution in [3.05, 3.63) is 54.1 Å². The number of hydrogen-bond acceptors (Lipinski definition) is 6. The number of carbonyl (C=O) groups is 1. The van der Waals surface area contributed by atoms with Crippen LogP contribution in [0, 0.1) is 0 Å². The topological polar surface area (TPSA) is 88.2 Å². The van der Waals surface area contributed by atoms with Crippen LogP contribution in [0.2, 0.25) is 0 Å². The van der Waals surface area contributed by atoms with E-state index in [9.17, 15) is 13.2 Å². The minimum Gasteiger partial charge on any atom is -0.496 e. The molecule has 8 nitrogen and oxygen atoms in total. The fourth-order valence-electron chi connectivity index (χ4n) is 3.64. The van der Waals surface area contributed by atoms with E-state index in [2.05, 4.69) is 29.3 Å². The lowest BCUT2D eigenvalue weighted by atomic mass is 10.2. The third-order valence-electron chi connectivity index (χ3n) is 5.42. The van der Waals surface area contributed by atoms with Crippen LogP contribution >= 0.6 is 0 Å². The predicted octanol–water partition coefficient (Wildman–Crippen LogP) is 2.36. The molecule has 1 heterocycles. The number of rotatable bonds is 10. The molecule has 0 unspecified atom stereocenters. The Morgan fingerprint density at radius 3 is 2.53 bits per heavy atom. The predicted molar refractivity (Wildman–Crippen MR) is 124 cm³/mol. The molecule has 0 atom stereocenters. The summed E-state index contributed by atoms with van der Waals surface area (Å²) < 4.78 is 37.8. The molecule has 2 aromatic carbocycles. The van der Waals surface area contributed by atoms with Crippen LogP contribution in [0.3, 0.4) is 0 Å². The molecule has 1 aliphatic heterocycles. The third-order valence-corrected chi connectivity index (χ3v) is 7.31. The summed E-state index contributed by atoms with van der Waals surface area (Å²) in [6.45, 7) is 5.54. The lowest BCUT2D eigenvalue weighted by Crippen LogP contribution is -2.40. The molecule has 1 amide bonds. The van der Waals surface area contributed by atoms with Gasteiger partial charge in [-0.15, -0.1) is 0 Å². The summed E-state index contributed by atoms with van der Waals surface area (Å²) in [6.07, 6.45) is 0.753. The minimum atomic E-state index is -3.70. The summed E-state index contributed by atoms with van der Waals surface area (Å²) >= 11 is 0. The number of anilines is 1. The lowest BCUT2D eigenvalue weighted by molar-refractivity contribution is 0.0730. The molecule has 0 bridgehead atoms. The number of amides is 1. The van der Waals surface area contributed by atoms with Gasteiger partial charge in [-0.25, -0.2) is 8.42 Å². The second-order valence-corrected chi connectivity index (χ2v) is 9.34. The first-order valence-electron chi connectivity index (χ1n) is 10.8. The molecule has 2 aromatic rings. The Morgan fingerprint density at radius 2 is 1.88 bits per heavy atom. The van der Waals surface area contributed by atoms with E-state index in [-0.39, 0.29) is 16.4 Å². The number of carbonyl (C=O) groups excluding carboxylic acids is 1. The highest BCUT2D eigenvalue weighted by atomic mass is 32.2. The van der Waals surface area contributed by atoms with Crippen LogP contribution in [0.4, 0.5) is 5.69 Å². The zero-order valence-corrected chi connectivity index (χ0v) is 19.4. The van der Waals surface area contributed by atoms with Crippen molar-refractivity contribution in [2.45, 2.75) is 18.2 Å². The molecule has 1 saturated heterocycles. The van der Waals surface area contributed by atoms with Crippen molar-refractivity contribution in [3.63, 3.8) is 0 Å². The Balaban J connectivity index is 1.64. The number of ether oxygens (including phenoxy) is 2. The number of morpholine rings is 1. The van der Waals surface area contributed by atoms with E-state index in [1.807, 2.05) is 18.2 Å². The number of methoxy groups -OCH3 is 1. The van der Waals surface area contributed by atoms with Crippen molar-refractivity contribution in [2.75, 3.05) is 57.9 Å². The van der Waals surface area contributed by atoms with Gasteiger partial charge in [0, 0.05) is 38.4 Å². The molecule has 0 saturated carbocycles. The number of sulfonamides is 1. The third kappa shape index (κ3) is 5.79. The Hall–Kier alpha value is -2.62. The van der Waals surface area contributed by atoms with E-state index in [0.717, 1.165) is 25.2 Å². The number of nitrogens with zero attached hydrogens (tertiary/aromatic N) is 2. The summed E-state index contributed by atoms with van der Waals surface area (Å²) in [5.41, 5.74) is 1.35. The van der Waals surface area contributed by atoms with Gasteiger partial charge in [0.15, 0.2) is 0 Å². The maximum atomic E-state index is 13.0. The van der Waals surface area contributed by atoms with Crippen LogP contribution in [0.25, 0.3) is 0 Å². The van der Waals surface area contributed by atoms with Crippen LogP contribution in [0.1, 0.15) is 23.7 Å². The number of hydrogen-bond donors (Lipinski definition) is 1. The van der Waals surface area contributed by atoms with Gasteiger partial charge in [-0.05, 0) is 43.7 Å². The second kappa shape index (κ2) is 11.3. The monoisotopic (exact) mass is 461 g/mol. The summed E-state index contributed by atoms with van der Waals surface area (Å²) in [5.74, 6) is -0.0217. The second-order valence-electron chi connectivity index (χ2n) is 7.40. The SMILES string of the molecule is CCN(CCCNC(=O)c1cc(S(=O)(=O)N2CCOCC2)ccc1OC)c1ccccc1. The Bertz CT molecular complexity index is 992. The highest BCUT2D eigenvalue weighted by Crippen LogP contribution is 2.25. The standard InChI is InChI=1S/C23H31N3O5S/c1-3-25(19-8-5-4-6-9-19)13-7-12-24-23(27)21-18-20(10-11-22(21)30-2)32(28,29)26-14-16-31-17-15-26/h4-6,8-11,18H,3,7,12-17H2,1-2H3,(H,24,27). The summed E-state index contributed by atoms with van der Waals surface area (Å²) in [7, 11) is -2.24. The highest BCUT2D eigenvalue weighted by Gasteiger charge is 2.28. The fraction of sp³-hybridized carbons (Fsp3) is 0.435. The summed E-state index contributed by atoms with van der Waals surface area (Å²) in [5, 5.41) is 2.89. The zero-order valence-electron chi connectivity index (χ0n) is 18.6. The van der Waals surface area contributed by atoms with Crippen LogP contribution in [0.5, 0.6) is 5.75 Å². The fourth-order valence-corrected chi connectivity index (χ4v) is 5.07. The highest BCUT2D eigenvalue weighted by molar-refractivity contribution is 7.89. The van der Waals surface area contributed by atoms with Crippen molar-refractivity contribution in [2.24, 2.45) is 0 Å². The molecule has 9 heteroatoms. The van der Waals surface area contributed by atoms with Crippen molar-refractivity contribution in [3.8, 4) is 5.75 Å².